The maximum Gasteiger partial charge on any atom is 0.367 e. The predicted octanol–water partition coefficient (Wildman–Crippen LogP) is 2.10. The van der Waals surface area contributed by atoms with Crippen molar-refractivity contribution in [2.75, 3.05) is 0 Å². The van der Waals surface area contributed by atoms with Gasteiger partial charge in [0.25, 0.3) is 0 Å². The van der Waals surface area contributed by atoms with Crippen molar-refractivity contribution >= 4 is 5.65 Å². The van der Waals surface area contributed by atoms with Crippen LogP contribution in [0.15, 0.2) is 27.5 Å². The Morgan fingerprint density at radius 1 is 1.26 bits per heavy atom. The van der Waals surface area contributed by atoms with Gasteiger partial charge in [-0.05, 0) is 25.0 Å². The van der Waals surface area contributed by atoms with Crippen LogP contribution in [0, 0.1) is 0 Å². The van der Waals surface area contributed by atoms with Crippen LogP contribution in [0.2, 0.25) is 0 Å². The van der Waals surface area contributed by atoms with E-state index in [4.69, 9.17) is 4.52 Å². The van der Waals surface area contributed by atoms with Gasteiger partial charge in [0, 0.05) is 17.4 Å². The largest absolute Gasteiger partial charge is 0.367 e. The molecule has 0 amide bonds. The number of fused-ring (bicyclic) bond motifs is 1. The normalized spacial score (nSPS) is 15.4. The molecule has 3 aromatic rings. The van der Waals surface area contributed by atoms with Crippen molar-refractivity contribution in [3.63, 3.8) is 0 Å². The third kappa shape index (κ3) is 2.56. The van der Waals surface area contributed by atoms with Gasteiger partial charge in [-0.3, -0.25) is 0 Å². The highest BCUT2D eigenvalue weighted by atomic mass is 16.5. The molecule has 120 valence electrons. The van der Waals surface area contributed by atoms with E-state index in [2.05, 4.69) is 36.1 Å². The molecule has 1 aliphatic carbocycles. The number of hydrogen-bond donors (Lipinski definition) is 0. The van der Waals surface area contributed by atoms with E-state index in [0.29, 0.717) is 23.8 Å². The van der Waals surface area contributed by atoms with Crippen LogP contribution in [0.4, 0.5) is 0 Å². The van der Waals surface area contributed by atoms with E-state index in [-0.39, 0.29) is 11.1 Å². The van der Waals surface area contributed by atoms with Crippen LogP contribution in [0.3, 0.4) is 0 Å². The van der Waals surface area contributed by atoms with Gasteiger partial charge >= 0.3 is 5.69 Å². The molecule has 1 saturated carbocycles. The maximum atomic E-state index is 12.5. The number of hydrogen-bond acceptors (Lipinski definition) is 5. The first kappa shape index (κ1) is 14.2. The minimum absolute atomic E-state index is 0.124. The van der Waals surface area contributed by atoms with E-state index >= 15 is 0 Å². The zero-order valence-corrected chi connectivity index (χ0v) is 13.5. The predicted molar refractivity (Wildman–Crippen MR) is 83.5 cm³/mol. The summed E-state index contributed by atoms with van der Waals surface area (Å²) in [5.41, 5.74) is 1.72. The lowest BCUT2D eigenvalue weighted by Gasteiger charge is -2.16. The first-order valence-electron chi connectivity index (χ1n) is 7.85. The second-order valence-corrected chi connectivity index (χ2v) is 7.17. The molecule has 0 N–H and O–H groups in total. The van der Waals surface area contributed by atoms with E-state index in [9.17, 15) is 4.79 Å². The summed E-state index contributed by atoms with van der Waals surface area (Å²) in [5.74, 6) is 1.41. The second kappa shape index (κ2) is 4.78. The first-order valence-corrected chi connectivity index (χ1v) is 7.85. The van der Waals surface area contributed by atoms with Gasteiger partial charge in [-0.1, -0.05) is 25.9 Å². The molecule has 1 aliphatic rings. The number of nitrogens with zero attached hydrogens (tertiary/aromatic N) is 5. The zero-order valence-electron chi connectivity index (χ0n) is 13.5. The average molecular weight is 313 g/mol. The maximum absolute atomic E-state index is 12.5. The average Bonchev–Trinajstić information content (AvgIpc) is 3.17. The van der Waals surface area contributed by atoms with E-state index in [1.807, 2.05) is 18.2 Å². The summed E-state index contributed by atoms with van der Waals surface area (Å²) < 4.78 is 8.05. The second-order valence-electron chi connectivity index (χ2n) is 7.17. The van der Waals surface area contributed by atoms with Crippen molar-refractivity contribution < 1.29 is 4.52 Å². The van der Waals surface area contributed by atoms with Crippen LogP contribution >= 0.6 is 0 Å². The number of aromatic nitrogens is 5. The van der Waals surface area contributed by atoms with Crippen LogP contribution in [0.25, 0.3) is 5.65 Å². The molecule has 1 fully saturated rings. The Morgan fingerprint density at radius 3 is 2.74 bits per heavy atom. The van der Waals surface area contributed by atoms with Gasteiger partial charge in [-0.2, -0.15) is 9.61 Å². The highest BCUT2D eigenvalue weighted by Crippen LogP contribution is 2.40. The minimum Gasteiger partial charge on any atom is -0.361 e. The van der Waals surface area contributed by atoms with Gasteiger partial charge in [-0.15, -0.1) is 5.10 Å². The van der Waals surface area contributed by atoms with Crippen LogP contribution in [0.1, 0.15) is 56.7 Å². The molecule has 0 spiro atoms. The van der Waals surface area contributed by atoms with Crippen molar-refractivity contribution in [2.45, 2.75) is 51.5 Å². The summed E-state index contributed by atoms with van der Waals surface area (Å²) in [4.78, 5) is 12.5. The number of rotatable bonds is 3. The molecular weight excluding hydrogens is 294 g/mol. The zero-order chi connectivity index (χ0) is 16.2. The Morgan fingerprint density at radius 2 is 2.04 bits per heavy atom. The summed E-state index contributed by atoms with van der Waals surface area (Å²) in [6.45, 7) is 6.48. The molecule has 3 heterocycles. The SMILES string of the molecule is CC(C)(C)c1ccc2nn(Cc3cc(C4CC4)on3)c(=O)n2n1. The van der Waals surface area contributed by atoms with Crippen LogP contribution < -0.4 is 5.69 Å². The Hall–Kier alpha value is -2.44. The van der Waals surface area contributed by atoms with Gasteiger partial charge in [-0.25, -0.2) is 9.48 Å². The molecule has 0 unspecified atom stereocenters. The molecule has 0 radical (unpaired) electrons. The smallest absolute Gasteiger partial charge is 0.361 e. The van der Waals surface area contributed by atoms with Gasteiger partial charge in [0.1, 0.15) is 11.5 Å². The van der Waals surface area contributed by atoms with E-state index in [1.165, 1.54) is 9.20 Å². The molecule has 3 aromatic heterocycles. The van der Waals surface area contributed by atoms with E-state index in [1.54, 1.807) is 0 Å². The molecule has 0 atom stereocenters. The standard InChI is InChI=1S/C16H19N5O2/c1-16(2,3)13-6-7-14-18-20(15(22)21(14)17-13)9-11-8-12(23-19-11)10-4-5-10/h6-8,10H,4-5,9H2,1-3H3. The van der Waals surface area contributed by atoms with Crippen LogP contribution in [-0.2, 0) is 12.0 Å². The molecule has 7 heteroatoms. The van der Waals surface area contributed by atoms with Crippen molar-refractivity contribution in [2.24, 2.45) is 0 Å². The van der Waals surface area contributed by atoms with Crippen molar-refractivity contribution in [1.29, 1.82) is 0 Å². The lowest BCUT2D eigenvalue weighted by atomic mass is 9.92. The molecule has 0 saturated heterocycles. The summed E-state index contributed by atoms with van der Waals surface area (Å²) >= 11 is 0. The molecule has 23 heavy (non-hydrogen) atoms. The van der Waals surface area contributed by atoms with Crippen molar-refractivity contribution in [3.05, 3.63) is 45.8 Å². The van der Waals surface area contributed by atoms with Gasteiger partial charge < -0.3 is 4.52 Å². The highest BCUT2D eigenvalue weighted by Gasteiger charge is 2.28. The quantitative estimate of drug-likeness (QED) is 0.740. The molecule has 0 aromatic carbocycles. The molecule has 0 bridgehead atoms. The van der Waals surface area contributed by atoms with Gasteiger partial charge in [0.15, 0.2) is 5.65 Å². The van der Waals surface area contributed by atoms with Gasteiger partial charge in [0.2, 0.25) is 0 Å². The monoisotopic (exact) mass is 313 g/mol. The van der Waals surface area contributed by atoms with Crippen LogP contribution in [-0.4, -0.2) is 24.6 Å². The summed E-state index contributed by atoms with van der Waals surface area (Å²) in [6.07, 6.45) is 2.31. The fraction of sp³-hybridized carbons (Fsp3) is 0.500. The van der Waals surface area contributed by atoms with E-state index in [0.717, 1.165) is 24.3 Å². The van der Waals surface area contributed by atoms with Crippen molar-refractivity contribution in [1.82, 2.24) is 24.6 Å². The third-order valence-electron chi connectivity index (χ3n) is 4.08. The minimum atomic E-state index is -0.262. The molecule has 4 rings (SSSR count). The molecule has 7 nitrogen and oxygen atoms in total. The van der Waals surface area contributed by atoms with Crippen molar-refractivity contribution in [3.8, 4) is 0 Å². The fourth-order valence-electron chi connectivity index (χ4n) is 2.53. The Balaban J connectivity index is 1.69. The van der Waals surface area contributed by atoms with Gasteiger partial charge in [0.05, 0.1) is 12.2 Å². The first-order chi connectivity index (χ1) is 10.9. The lowest BCUT2D eigenvalue weighted by molar-refractivity contribution is 0.375. The Kier molecular flexibility index (Phi) is 2.94. The summed E-state index contributed by atoms with van der Waals surface area (Å²) in [5, 5.41) is 12.8. The fourth-order valence-corrected chi connectivity index (χ4v) is 2.53. The highest BCUT2D eigenvalue weighted by molar-refractivity contribution is 5.36. The molecular formula is C16H19N5O2. The summed E-state index contributed by atoms with van der Waals surface area (Å²) in [6, 6.07) is 5.65. The lowest BCUT2D eigenvalue weighted by Crippen LogP contribution is -2.25. The summed E-state index contributed by atoms with van der Waals surface area (Å²) in [7, 11) is 0. The molecule has 0 aliphatic heterocycles. The van der Waals surface area contributed by atoms with E-state index < -0.39 is 0 Å². The Bertz CT molecular complexity index is 924. The third-order valence-corrected chi connectivity index (χ3v) is 4.08. The Labute approximate surface area is 132 Å². The van der Waals surface area contributed by atoms with Crippen LogP contribution in [0.5, 0.6) is 0 Å². The topological polar surface area (TPSA) is 78.2 Å².